The van der Waals surface area contributed by atoms with Gasteiger partial charge in [-0.2, -0.15) is 0 Å². The molecule has 1 unspecified atom stereocenters. The first-order valence-electron chi connectivity index (χ1n) is 9.44. The lowest BCUT2D eigenvalue weighted by Crippen LogP contribution is -2.28. The summed E-state index contributed by atoms with van der Waals surface area (Å²) in [5.74, 6) is 0.0730. The average Bonchev–Trinajstić information content (AvgIpc) is 3.03. The smallest absolute Gasteiger partial charge is 0.328 e. The molecule has 0 saturated heterocycles. The lowest BCUT2D eigenvalue weighted by atomic mass is 10.2. The summed E-state index contributed by atoms with van der Waals surface area (Å²) in [6, 6.07) is 9.56. The number of hydrogen-bond acceptors (Lipinski definition) is 4. The van der Waals surface area contributed by atoms with Gasteiger partial charge < -0.3 is 14.0 Å². The second-order valence-electron chi connectivity index (χ2n) is 6.83. The Labute approximate surface area is 184 Å². The molecule has 0 spiro atoms. The Balaban J connectivity index is 1.94. The van der Waals surface area contributed by atoms with E-state index in [1.165, 1.54) is 22.9 Å². The fourth-order valence-corrected chi connectivity index (χ4v) is 3.74. The summed E-state index contributed by atoms with van der Waals surface area (Å²) in [6.07, 6.45) is 1.44. The second kappa shape index (κ2) is 8.98. The molecular formula is C22H22Cl2N2O4. The first-order chi connectivity index (χ1) is 14.2. The number of nitrogens with zero attached hydrogens (tertiary/aromatic N) is 2. The number of aryl methyl sites for hydroxylation is 2. The van der Waals surface area contributed by atoms with E-state index in [0.29, 0.717) is 15.8 Å². The number of pyridine rings is 1. The molecule has 8 heteroatoms. The zero-order valence-electron chi connectivity index (χ0n) is 17.1. The van der Waals surface area contributed by atoms with E-state index < -0.39 is 12.0 Å². The van der Waals surface area contributed by atoms with Crippen LogP contribution < -0.4 is 10.3 Å². The molecule has 0 N–H and O–H groups in total. The summed E-state index contributed by atoms with van der Waals surface area (Å²) < 4.78 is 14.1. The van der Waals surface area contributed by atoms with Crippen LogP contribution >= 0.6 is 23.2 Å². The summed E-state index contributed by atoms with van der Waals surface area (Å²) in [4.78, 5) is 24.2. The van der Waals surface area contributed by atoms with Gasteiger partial charge in [-0.25, -0.2) is 4.79 Å². The van der Waals surface area contributed by atoms with Crippen molar-refractivity contribution in [2.24, 2.45) is 0 Å². The predicted molar refractivity (Wildman–Crippen MR) is 117 cm³/mol. The van der Waals surface area contributed by atoms with Crippen LogP contribution in [0.5, 0.6) is 11.5 Å². The minimum absolute atomic E-state index is 0.228. The number of ether oxygens (including phenoxy) is 2. The van der Waals surface area contributed by atoms with Gasteiger partial charge in [-0.3, -0.25) is 9.36 Å². The van der Waals surface area contributed by atoms with E-state index in [0.717, 1.165) is 17.1 Å². The molecule has 30 heavy (non-hydrogen) atoms. The van der Waals surface area contributed by atoms with E-state index in [1.54, 1.807) is 26.0 Å². The van der Waals surface area contributed by atoms with E-state index >= 15 is 0 Å². The maximum Gasteiger partial charge on any atom is 0.328 e. The van der Waals surface area contributed by atoms with Crippen LogP contribution in [0.2, 0.25) is 10.0 Å². The molecule has 6 nitrogen and oxygen atoms in total. The number of rotatable bonds is 6. The monoisotopic (exact) mass is 448 g/mol. The Bertz CT molecular complexity index is 1110. The summed E-state index contributed by atoms with van der Waals surface area (Å²) in [5, 5.41) is 0.641. The van der Waals surface area contributed by atoms with Crippen molar-refractivity contribution in [2.75, 3.05) is 6.61 Å². The van der Waals surface area contributed by atoms with E-state index in [4.69, 9.17) is 32.7 Å². The Morgan fingerprint density at radius 2 is 1.67 bits per heavy atom. The number of hydrogen-bond donors (Lipinski definition) is 0. The predicted octanol–water partition coefficient (Wildman–Crippen LogP) is 5.48. The van der Waals surface area contributed by atoms with E-state index in [2.05, 4.69) is 0 Å². The normalized spacial score (nSPS) is 11.9. The third-order valence-electron chi connectivity index (χ3n) is 4.69. The highest BCUT2D eigenvalue weighted by Gasteiger charge is 2.19. The third-order valence-corrected chi connectivity index (χ3v) is 5.25. The van der Waals surface area contributed by atoms with Crippen molar-refractivity contribution in [2.45, 2.75) is 33.7 Å². The van der Waals surface area contributed by atoms with E-state index in [1.807, 2.05) is 30.5 Å². The SMILES string of the molecule is CCOC(=O)C(C)n1cc(Oc2c(Cl)cc(-n3c(C)ccc3C)cc2Cl)ccc1=O. The van der Waals surface area contributed by atoms with Crippen LogP contribution in [0.15, 0.2) is 47.4 Å². The van der Waals surface area contributed by atoms with Crippen LogP contribution in [-0.4, -0.2) is 21.7 Å². The first kappa shape index (κ1) is 22.0. The summed E-state index contributed by atoms with van der Waals surface area (Å²) >= 11 is 12.9. The fraction of sp³-hybridized carbons (Fsp3) is 0.273. The van der Waals surface area contributed by atoms with Gasteiger partial charge in [0.15, 0.2) is 5.75 Å². The Hall–Kier alpha value is -2.70. The van der Waals surface area contributed by atoms with Gasteiger partial charge in [-0.1, -0.05) is 23.2 Å². The molecule has 0 fully saturated rings. The zero-order valence-corrected chi connectivity index (χ0v) is 18.6. The lowest BCUT2D eigenvalue weighted by molar-refractivity contribution is -0.146. The molecule has 3 aromatic rings. The average molecular weight is 449 g/mol. The quantitative estimate of drug-likeness (QED) is 0.468. The highest BCUT2D eigenvalue weighted by molar-refractivity contribution is 6.37. The summed E-state index contributed by atoms with van der Waals surface area (Å²) in [5.41, 5.74) is 2.56. The lowest BCUT2D eigenvalue weighted by Gasteiger charge is -2.17. The first-order valence-corrected chi connectivity index (χ1v) is 10.2. The van der Waals surface area contributed by atoms with E-state index in [-0.39, 0.29) is 17.9 Å². The third kappa shape index (κ3) is 4.40. The molecule has 2 aromatic heterocycles. The molecule has 3 rings (SSSR count). The Morgan fingerprint density at radius 1 is 1.07 bits per heavy atom. The van der Waals surface area contributed by atoms with Gasteiger partial charge in [0.2, 0.25) is 0 Å². The second-order valence-corrected chi connectivity index (χ2v) is 7.64. The van der Waals surface area contributed by atoms with Gasteiger partial charge in [-0.05, 0) is 58.0 Å². The fourth-order valence-electron chi connectivity index (χ4n) is 3.19. The molecule has 1 aromatic carbocycles. The van der Waals surface area contributed by atoms with Crippen LogP contribution in [0.25, 0.3) is 5.69 Å². The van der Waals surface area contributed by atoms with Crippen LogP contribution in [0.3, 0.4) is 0 Å². The standard InChI is InChI=1S/C22H22Cl2N2O4/c1-5-29-22(28)15(4)25-12-17(8-9-20(25)27)30-21-18(23)10-16(11-19(21)24)26-13(2)6-7-14(26)3/h6-12,15H,5H2,1-4H3. The van der Waals surface area contributed by atoms with Crippen LogP contribution in [0, 0.1) is 13.8 Å². The number of carbonyl (C=O) groups excluding carboxylic acids is 1. The topological polar surface area (TPSA) is 62.5 Å². The van der Waals surface area contributed by atoms with Crippen molar-refractivity contribution < 1.29 is 14.3 Å². The van der Waals surface area contributed by atoms with Crippen molar-refractivity contribution in [3.05, 3.63) is 74.4 Å². The summed E-state index contributed by atoms with van der Waals surface area (Å²) in [6.45, 7) is 7.50. The van der Waals surface area contributed by atoms with Gasteiger partial charge >= 0.3 is 5.97 Å². The molecular weight excluding hydrogens is 427 g/mol. The van der Waals surface area contributed by atoms with Gasteiger partial charge in [0.05, 0.1) is 22.8 Å². The van der Waals surface area contributed by atoms with Crippen molar-refractivity contribution >= 4 is 29.2 Å². The van der Waals surface area contributed by atoms with Crippen molar-refractivity contribution in [3.63, 3.8) is 0 Å². The molecule has 2 heterocycles. The largest absolute Gasteiger partial charge is 0.464 e. The number of benzene rings is 1. The van der Waals surface area contributed by atoms with Gasteiger partial charge in [0, 0.05) is 23.1 Å². The van der Waals surface area contributed by atoms with Crippen LogP contribution in [0.4, 0.5) is 0 Å². The molecule has 0 radical (unpaired) electrons. The molecule has 0 aliphatic heterocycles. The van der Waals surface area contributed by atoms with Crippen molar-refractivity contribution in [3.8, 4) is 17.2 Å². The number of halogens is 2. The highest BCUT2D eigenvalue weighted by Crippen LogP contribution is 2.38. The van der Waals surface area contributed by atoms with Crippen LogP contribution in [-0.2, 0) is 9.53 Å². The minimum Gasteiger partial charge on any atom is -0.464 e. The Kier molecular flexibility index (Phi) is 6.58. The van der Waals surface area contributed by atoms with Crippen molar-refractivity contribution in [1.82, 2.24) is 9.13 Å². The molecule has 0 aliphatic rings. The molecule has 1 atom stereocenters. The number of aromatic nitrogens is 2. The maximum absolute atomic E-state index is 12.2. The zero-order chi connectivity index (χ0) is 22.0. The van der Waals surface area contributed by atoms with Crippen LogP contribution in [0.1, 0.15) is 31.3 Å². The van der Waals surface area contributed by atoms with Gasteiger partial charge in [-0.15, -0.1) is 0 Å². The molecule has 0 saturated carbocycles. The maximum atomic E-state index is 12.2. The van der Waals surface area contributed by atoms with E-state index in [9.17, 15) is 9.59 Å². The number of esters is 1. The molecule has 0 amide bonds. The van der Waals surface area contributed by atoms with Gasteiger partial charge in [0.1, 0.15) is 11.8 Å². The minimum atomic E-state index is -0.797. The molecule has 158 valence electrons. The molecule has 0 aliphatic carbocycles. The van der Waals surface area contributed by atoms with Gasteiger partial charge in [0.25, 0.3) is 5.56 Å². The number of carbonyl (C=O) groups is 1. The summed E-state index contributed by atoms with van der Waals surface area (Å²) in [7, 11) is 0. The Morgan fingerprint density at radius 3 is 2.23 bits per heavy atom. The van der Waals surface area contributed by atoms with Crippen molar-refractivity contribution in [1.29, 1.82) is 0 Å². The molecule has 0 bridgehead atoms. The highest BCUT2D eigenvalue weighted by atomic mass is 35.5.